The number of carbonyl (C=O) groups is 1. The normalized spacial score (nSPS) is 11.3. The number of aromatic nitrogens is 2. The molecule has 0 saturated carbocycles. The lowest BCUT2D eigenvalue weighted by Gasteiger charge is -2.10. The minimum Gasteiger partial charge on any atom is -0.340 e. The van der Waals surface area contributed by atoms with Crippen molar-refractivity contribution in [2.45, 2.75) is 0 Å². The summed E-state index contributed by atoms with van der Waals surface area (Å²) in [7, 11) is 3.90. The number of carbonyl (C=O) groups excluding carboxylic acids is 1. The van der Waals surface area contributed by atoms with E-state index >= 15 is 0 Å². The Hall–Kier alpha value is -2.52. The second-order valence-corrected chi connectivity index (χ2v) is 7.49. The first-order valence-corrected chi connectivity index (χ1v) is 9.49. The number of hydrogen-bond acceptors (Lipinski definition) is 5. The first kappa shape index (κ1) is 19.2. The molecule has 138 valence electrons. The largest absolute Gasteiger partial charge is 0.340 e. The van der Waals surface area contributed by atoms with E-state index < -0.39 is 0 Å². The molecular weight excluding hydrogens is 452 g/mol. The molecule has 0 aliphatic carbocycles. The van der Waals surface area contributed by atoms with Gasteiger partial charge in [-0.05, 0) is 73.1 Å². The maximum absolute atomic E-state index is 12.1. The van der Waals surface area contributed by atoms with Crippen LogP contribution in [-0.4, -0.2) is 41.4 Å². The Bertz CT molecular complexity index is 987. The van der Waals surface area contributed by atoms with Gasteiger partial charge >= 0.3 is 0 Å². The van der Waals surface area contributed by atoms with Crippen molar-refractivity contribution in [2.75, 3.05) is 31.3 Å². The number of nitrogens with one attached hydrogen (secondary N) is 2. The Labute approximate surface area is 171 Å². The topological polar surface area (TPSA) is 70.2 Å². The van der Waals surface area contributed by atoms with Crippen molar-refractivity contribution in [2.24, 2.45) is 0 Å². The van der Waals surface area contributed by atoms with Crippen LogP contribution in [0.25, 0.3) is 10.9 Å². The van der Waals surface area contributed by atoms with E-state index in [9.17, 15) is 4.79 Å². The van der Waals surface area contributed by atoms with Gasteiger partial charge in [-0.25, -0.2) is 9.97 Å². The second-order valence-electron chi connectivity index (χ2n) is 6.24. The quantitative estimate of drug-likeness (QED) is 0.419. The molecule has 0 spiro atoms. The van der Waals surface area contributed by atoms with E-state index in [1.54, 1.807) is 0 Å². The average molecular weight is 472 g/mol. The zero-order chi connectivity index (χ0) is 19.2. The molecule has 3 rings (SSSR count). The SMILES string of the molecule is CN([11CH3])C/C=C/C(=O)Nc1ccc2ncnc(Nc3cccc(I)c3)c2c1. The molecule has 0 aliphatic heterocycles. The summed E-state index contributed by atoms with van der Waals surface area (Å²) >= 11 is 2.27. The van der Waals surface area contributed by atoms with Gasteiger partial charge in [0, 0.05) is 33.0 Å². The van der Waals surface area contributed by atoms with Crippen LogP contribution in [0.5, 0.6) is 0 Å². The highest BCUT2D eigenvalue weighted by Gasteiger charge is 2.07. The highest BCUT2D eigenvalue weighted by molar-refractivity contribution is 14.1. The van der Waals surface area contributed by atoms with Crippen LogP contribution in [0.2, 0.25) is 0 Å². The summed E-state index contributed by atoms with van der Waals surface area (Å²) in [5.74, 6) is 0.529. The van der Waals surface area contributed by atoms with Crippen LogP contribution in [0.1, 0.15) is 0 Å². The lowest BCUT2D eigenvalue weighted by molar-refractivity contribution is -0.111. The van der Waals surface area contributed by atoms with Crippen LogP contribution in [-0.2, 0) is 4.79 Å². The standard InChI is InChI=1S/C20H20IN5O/c1-26(2)10-4-7-19(27)24-16-8-9-18-17(12-16)20(23-13-22-18)25-15-6-3-5-14(21)11-15/h3-9,11-13H,10H2,1-2H3,(H,24,27)(H,22,23,25)/b7-4+/i1-1. The number of fused-ring (bicyclic) bond motifs is 1. The molecule has 1 amide bonds. The number of halogens is 1. The second kappa shape index (κ2) is 8.92. The Balaban J connectivity index is 1.83. The molecule has 1 heterocycles. The van der Waals surface area contributed by atoms with Gasteiger partial charge in [-0.15, -0.1) is 0 Å². The van der Waals surface area contributed by atoms with Crippen LogP contribution < -0.4 is 10.6 Å². The van der Waals surface area contributed by atoms with Crippen LogP contribution >= 0.6 is 22.6 Å². The van der Waals surface area contributed by atoms with Crippen LogP contribution in [0.4, 0.5) is 17.2 Å². The molecule has 0 bridgehead atoms. The number of rotatable bonds is 6. The van der Waals surface area contributed by atoms with Gasteiger partial charge in [-0.1, -0.05) is 12.1 Å². The van der Waals surface area contributed by atoms with Crippen LogP contribution in [0.3, 0.4) is 0 Å². The van der Waals surface area contributed by atoms with E-state index in [0.29, 0.717) is 18.1 Å². The molecule has 0 saturated heterocycles. The zero-order valence-corrected chi connectivity index (χ0v) is 17.3. The predicted octanol–water partition coefficient (Wildman–Crippen LogP) is 4.03. The predicted molar refractivity (Wildman–Crippen MR) is 118 cm³/mol. The van der Waals surface area contributed by atoms with Crippen LogP contribution in [0.15, 0.2) is 60.9 Å². The Morgan fingerprint density at radius 2 is 2.00 bits per heavy atom. The van der Waals surface area contributed by atoms with E-state index in [1.165, 1.54) is 12.4 Å². The van der Waals surface area contributed by atoms with Gasteiger partial charge in [-0.2, -0.15) is 0 Å². The van der Waals surface area contributed by atoms with Gasteiger partial charge in [-0.3, -0.25) is 4.79 Å². The minimum atomic E-state index is -0.167. The van der Waals surface area contributed by atoms with E-state index in [0.717, 1.165) is 20.2 Å². The summed E-state index contributed by atoms with van der Waals surface area (Å²) in [6.07, 6.45) is 4.89. The summed E-state index contributed by atoms with van der Waals surface area (Å²) in [6.45, 7) is 0.711. The van der Waals surface area contributed by atoms with Crippen molar-refractivity contribution in [1.82, 2.24) is 14.9 Å². The van der Waals surface area contributed by atoms with Gasteiger partial charge in [0.2, 0.25) is 5.91 Å². The summed E-state index contributed by atoms with van der Waals surface area (Å²) in [5.41, 5.74) is 2.45. The van der Waals surface area contributed by atoms with Crippen molar-refractivity contribution in [1.29, 1.82) is 0 Å². The lowest BCUT2D eigenvalue weighted by atomic mass is 10.2. The molecule has 3 aromatic rings. The van der Waals surface area contributed by atoms with Crippen molar-refractivity contribution >= 4 is 56.6 Å². The maximum Gasteiger partial charge on any atom is 0.248 e. The molecule has 6 nitrogen and oxygen atoms in total. The van der Waals surface area contributed by atoms with Crippen molar-refractivity contribution in [3.63, 3.8) is 0 Å². The number of benzene rings is 2. The monoisotopic (exact) mass is 472 g/mol. The molecule has 0 atom stereocenters. The minimum absolute atomic E-state index is 0.167. The molecule has 7 heteroatoms. The fraction of sp³-hybridized carbons (Fsp3) is 0.150. The average Bonchev–Trinajstić information content (AvgIpc) is 2.62. The summed E-state index contributed by atoms with van der Waals surface area (Å²) in [5, 5.41) is 7.05. The third kappa shape index (κ3) is 5.48. The summed E-state index contributed by atoms with van der Waals surface area (Å²) in [4.78, 5) is 22.7. The molecule has 0 unspecified atom stereocenters. The highest BCUT2D eigenvalue weighted by Crippen LogP contribution is 2.26. The number of nitrogens with zero attached hydrogens (tertiary/aromatic N) is 3. The smallest absolute Gasteiger partial charge is 0.248 e. The molecule has 0 radical (unpaired) electrons. The first-order chi connectivity index (χ1) is 13.0. The molecular formula is C20H20IN5O. The molecule has 2 aromatic carbocycles. The number of likely N-dealkylation sites (N-methyl/N-ethyl adjacent to an activating group) is 1. The van der Waals surface area contributed by atoms with E-state index in [-0.39, 0.29) is 5.91 Å². The third-order valence-corrected chi connectivity index (χ3v) is 4.40. The summed E-state index contributed by atoms with van der Waals surface area (Å²) < 4.78 is 1.13. The molecule has 2 N–H and O–H groups in total. The molecule has 0 aliphatic rings. The fourth-order valence-electron chi connectivity index (χ4n) is 2.49. The van der Waals surface area contributed by atoms with E-state index in [2.05, 4.69) is 43.2 Å². The van der Waals surface area contributed by atoms with Gasteiger partial charge in [0.15, 0.2) is 0 Å². The Morgan fingerprint density at radius 3 is 2.78 bits per heavy atom. The lowest BCUT2D eigenvalue weighted by Crippen LogP contribution is -2.12. The first-order valence-electron chi connectivity index (χ1n) is 8.41. The van der Waals surface area contributed by atoms with Gasteiger partial charge < -0.3 is 15.5 Å². The van der Waals surface area contributed by atoms with Crippen molar-refractivity contribution < 1.29 is 4.79 Å². The summed E-state index contributed by atoms with van der Waals surface area (Å²) in [6, 6.07) is 13.6. The Morgan fingerprint density at radius 1 is 1.15 bits per heavy atom. The van der Waals surface area contributed by atoms with E-state index in [4.69, 9.17) is 0 Å². The van der Waals surface area contributed by atoms with Gasteiger partial charge in [0.25, 0.3) is 0 Å². The van der Waals surface area contributed by atoms with Crippen LogP contribution in [0, 0.1) is 3.57 Å². The molecule has 1 aromatic heterocycles. The fourth-order valence-corrected chi connectivity index (χ4v) is 3.03. The molecule has 0 fully saturated rings. The third-order valence-electron chi connectivity index (χ3n) is 3.73. The number of anilines is 3. The van der Waals surface area contributed by atoms with Crippen molar-refractivity contribution in [3.05, 3.63) is 64.5 Å². The highest BCUT2D eigenvalue weighted by atomic mass is 127. The van der Waals surface area contributed by atoms with Gasteiger partial charge in [0.1, 0.15) is 12.1 Å². The van der Waals surface area contributed by atoms with Gasteiger partial charge in [0.05, 0.1) is 5.52 Å². The zero-order valence-electron chi connectivity index (χ0n) is 15.1. The van der Waals surface area contributed by atoms with E-state index in [1.807, 2.05) is 67.5 Å². The number of hydrogen-bond donors (Lipinski definition) is 2. The molecule has 27 heavy (non-hydrogen) atoms. The number of amides is 1. The Kier molecular flexibility index (Phi) is 6.36. The van der Waals surface area contributed by atoms with Crippen molar-refractivity contribution in [3.8, 4) is 0 Å². The maximum atomic E-state index is 12.1.